The largest absolute Gasteiger partial charge is 0.350 e. The Morgan fingerprint density at radius 1 is 1.35 bits per heavy atom. The number of nitrogens with one attached hydrogen (secondary N) is 1. The van der Waals surface area contributed by atoms with Gasteiger partial charge in [-0.1, -0.05) is 29.8 Å². The van der Waals surface area contributed by atoms with E-state index in [-0.39, 0.29) is 29.4 Å². The predicted octanol–water partition coefficient (Wildman–Crippen LogP) is 2.00. The molecule has 1 saturated heterocycles. The molecule has 1 amide bonds. The molecule has 110 valence electrons. The van der Waals surface area contributed by atoms with Gasteiger partial charge >= 0.3 is 0 Å². The fourth-order valence-corrected chi connectivity index (χ4v) is 4.40. The maximum atomic E-state index is 12.0. The molecule has 1 fully saturated rings. The van der Waals surface area contributed by atoms with Crippen molar-refractivity contribution in [2.75, 3.05) is 11.5 Å². The minimum atomic E-state index is -2.91. The molecule has 1 heterocycles. The first-order valence-electron chi connectivity index (χ1n) is 6.92. The number of carbonyl (C=O) groups excluding carboxylic acids is 1. The summed E-state index contributed by atoms with van der Waals surface area (Å²) in [6.45, 7) is 3.96. The lowest BCUT2D eigenvalue weighted by Crippen LogP contribution is -2.28. The lowest BCUT2D eigenvalue weighted by atomic mass is 10.0. The van der Waals surface area contributed by atoms with Gasteiger partial charge in [-0.2, -0.15) is 0 Å². The molecular formula is C15H21NO3S. The zero-order valence-corrected chi connectivity index (χ0v) is 12.7. The molecule has 0 radical (unpaired) electrons. The highest BCUT2D eigenvalue weighted by Gasteiger charge is 2.29. The van der Waals surface area contributed by atoms with E-state index in [4.69, 9.17) is 0 Å². The van der Waals surface area contributed by atoms with Crippen LogP contribution in [0.1, 0.15) is 36.9 Å². The summed E-state index contributed by atoms with van der Waals surface area (Å²) in [4.78, 5) is 12.0. The second-order valence-corrected chi connectivity index (χ2v) is 7.90. The molecule has 1 aromatic rings. The number of sulfone groups is 1. The third-order valence-electron chi connectivity index (χ3n) is 3.76. The van der Waals surface area contributed by atoms with Crippen molar-refractivity contribution in [2.24, 2.45) is 5.92 Å². The van der Waals surface area contributed by atoms with Crippen molar-refractivity contribution in [2.45, 2.75) is 32.7 Å². The van der Waals surface area contributed by atoms with Crippen LogP contribution in [-0.4, -0.2) is 25.8 Å². The summed E-state index contributed by atoms with van der Waals surface area (Å²) < 4.78 is 22.7. The Bertz CT molecular complexity index is 578. The maximum Gasteiger partial charge on any atom is 0.220 e. The van der Waals surface area contributed by atoms with Gasteiger partial charge in [-0.15, -0.1) is 0 Å². The van der Waals surface area contributed by atoms with E-state index in [0.717, 1.165) is 5.56 Å². The Balaban J connectivity index is 1.87. The molecule has 5 heteroatoms. The van der Waals surface area contributed by atoms with E-state index in [1.807, 2.05) is 38.1 Å². The highest BCUT2D eigenvalue weighted by Crippen LogP contribution is 2.22. The lowest BCUT2D eigenvalue weighted by Gasteiger charge is -2.16. The Morgan fingerprint density at radius 2 is 2.00 bits per heavy atom. The summed E-state index contributed by atoms with van der Waals surface area (Å²) in [7, 11) is -2.91. The molecule has 2 unspecified atom stereocenters. The molecule has 4 nitrogen and oxygen atoms in total. The van der Waals surface area contributed by atoms with Gasteiger partial charge < -0.3 is 5.32 Å². The van der Waals surface area contributed by atoms with Gasteiger partial charge in [0, 0.05) is 6.42 Å². The Labute approximate surface area is 120 Å². The van der Waals surface area contributed by atoms with E-state index in [1.165, 1.54) is 5.56 Å². The normalized spacial score (nSPS) is 22.4. The summed E-state index contributed by atoms with van der Waals surface area (Å²) >= 11 is 0. The topological polar surface area (TPSA) is 63.2 Å². The van der Waals surface area contributed by atoms with E-state index in [1.54, 1.807) is 0 Å². The number of hydrogen-bond donors (Lipinski definition) is 1. The number of benzene rings is 1. The van der Waals surface area contributed by atoms with Crippen LogP contribution in [0.25, 0.3) is 0 Å². The molecule has 0 bridgehead atoms. The highest BCUT2D eigenvalue weighted by atomic mass is 32.2. The van der Waals surface area contributed by atoms with Crippen molar-refractivity contribution >= 4 is 15.7 Å². The summed E-state index contributed by atoms with van der Waals surface area (Å²) in [6.07, 6.45) is 0.907. The van der Waals surface area contributed by atoms with Gasteiger partial charge in [-0.25, -0.2) is 8.42 Å². The molecule has 1 aliphatic rings. The van der Waals surface area contributed by atoms with E-state index < -0.39 is 9.84 Å². The number of rotatable bonds is 4. The van der Waals surface area contributed by atoms with Gasteiger partial charge in [0.15, 0.2) is 9.84 Å². The standard InChI is InChI=1S/C15H21NO3S/c1-11-3-5-14(6-4-11)12(2)16-15(17)9-13-7-8-20(18,19)10-13/h3-6,12-13H,7-10H2,1-2H3,(H,16,17). The van der Waals surface area contributed by atoms with Gasteiger partial charge in [-0.05, 0) is 31.7 Å². The average molecular weight is 295 g/mol. The SMILES string of the molecule is Cc1ccc(C(C)NC(=O)CC2CCS(=O)(=O)C2)cc1. The van der Waals surface area contributed by atoms with Crippen molar-refractivity contribution < 1.29 is 13.2 Å². The van der Waals surface area contributed by atoms with Gasteiger partial charge in [-0.3, -0.25) is 4.79 Å². The summed E-state index contributed by atoms with van der Waals surface area (Å²) in [5, 5.41) is 2.94. The fourth-order valence-electron chi connectivity index (χ4n) is 2.53. The number of amides is 1. The third-order valence-corrected chi connectivity index (χ3v) is 5.59. The molecule has 1 aliphatic heterocycles. The summed E-state index contributed by atoms with van der Waals surface area (Å²) in [5.41, 5.74) is 2.24. The lowest BCUT2D eigenvalue weighted by molar-refractivity contribution is -0.122. The van der Waals surface area contributed by atoms with Gasteiger partial charge in [0.1, 0.15) is 0 Å². The summed E-state index contributed by atoms with van der Waals surface area (Å²) in [5.74, 6) is 0.281. The predicted molar refractivity (Wildman–Crippen MR) is 79.1 cm³/mol. The zero-order chi connectivity index (χ0) is 14.8. The molecule has 1 N–H and O–H groups in total. The van der Waals surface area contributed by atoms with Crippen molar-refractivity contribution in [1.82, 2.24) is 5.32 Å². The second kappa shape index (κ2) is 5.95. The van der Waals surface area contributed by atoms with Crippen molar-refractivity contribution in [3.05, 3.63) is 35.4 Å². The van der Waals surface area contributed by atoms with Crippen LogP contribution >= 0.6 is 0 Å². The van der Waals surface area contributed by atoms with Crippen LogP contribution in [0.5, 0.6) is 0 Å². The monoisotopic (exact) mass is 295 g/mol. The number of aryl methyl sites for hydroxylation is 1. The first kappa shape index (κ1) is 15.0. The van der Waals surface area contributed by atoms with Crippen molar-refractivity contribution in [3.8, 4) is 0 Å². The van der Waals surface area contributed by atoms with Crippen LogP contribution in [-0.2, 0) is 14.6 Å². The van der Waals surface area contributed by atoms with E-state index in [2.05, 4.69) is 5.32 Å². The van der Waals surface area contributed by atoms with Crippen LogP contribution in [0, 0.1) is 12.8 Å². The molecular weight excluding hydrogens is 274 g/mol. The quantitative estimate of drug-likeness (QED) is 0.924. The molecule has 1 aromatic carbocycles. The first-order chi connectivity index (χ1) is 9.35. The minimum Gasteiger partial charge on any atom is -0.350 e. The molecule has 0 spiro atoms. The smallest absolute Gasteiger partial charge is 0.220 e. The van der Waals surface area contributed by atoms with Gasteiger partial charge in [0.05, 0.1) is 17.5 Å². The van der Waals surface area contributed by atoms with E-state index in [9.17, 15) is 13.2 Å². The Kier molecular flexibility index (Phi) is 4.48. The van der Waals surface area contributed by atoms with Crippen LogP contribution in [0.2, 0.25) is 0 Å². The van der Waals surface area contributed by atoms with E-state index >= 15 is 0 Å². The second-order valence-electron chi connectivity index (χ2n) is 5.67. The Hall–Kier alpha value is -1.36. The minimum absolute atomic E-state index is 0.0229. The number of hydrogen-bond acceptors (Lipinski definition) is 3. The van der Waals surface area contributed by atoms with Gasteiger partial charge in [0.25, 0.3) is 0 Å². The number of carbonyl (C=O) groups is 1. The molecule has 0 aliphatic carbocycles. The third kappa shape index (κ3) is 4.07. The first-order valence-corrected chi connectivity index (χ1v) is 8.74. The van der Waals surface area contributed by atoms with Crippen molar-refractivity contribution in [3.63, 3.8) is 0 Å². The van der Waals surface area contributed by atoms with Crippen LogP contribution in [0.15, 0.2) is 24.3 Å². The maximum absolute atomic E-state index is 12.0. The molecule has 0 aromatic heterocycles. The zero-order valence-electron chi connectivity index (χ0n) is 11.9. The Morgan fingerprint density at radius 3 is 2.55 bits per heavy atom. The molecule has 2 atom stereocenters. The molecule has 20 heavy (non-hydrogen) atoms. The van der Waals surface area contributed by atoms with Crippen molar-refractivity contribution in [1.29, 1.82) is 0 Å². The summed E-state index contributed by atoms with van der Waals surface area (Å²) in [6, 6.07) is 7.98. The highest BCUT2D eigenvalue weighted by molar-refractivity contribution is 7.91. The molecule has 2 rings (SSSR count). The van der Waals surface area contributed by atoms with Crippen LogP contribution in [0.3, 0.4) is 0 Å². The molecule has 0 saturated carbocycles. The fraction of sp³-hybridized carbons (Fsp3) is 0.533. The van der Waals surface area contributed by atoms with Gasteiger partial charge in [0.2, 0.25) is 5.91 Å². The van der Waals surface area contributed by atoms with E-state index in [0.29, 0.717) is 12.8 Å². The average Bonchev–Trinajstić information content (AvgIpc) is 2.69. The van der Waals surface area contributed by atoms with Crippen LogP contribution < -0.4 is 5.32 Å². The van der Waals surface area contributed by atoms with Crippen LogP contribution in [0.4, 0.5) is 0 Å².